The lowest BCUT2D eigenvalue weighted by Crippen LogP contribution is -2.37. The Morgan fingerprint density at radius 3 is 2.38 bits per heavy atom. The van der Waals surface area contributed by atoms with Gasteiger partial charge in [0.1, 0.15) is 0 Å². The first-order valence-electron chi connectivity index (χ1n) is 8.65. The first kappa shape index (κ1) is 18.3. The zero-order valence-corrected chi connectivity index (χ0v) is 15.6. The summed E-state index contributed by atoms with van der Waals surface area (Å²) in [5.41, 5.74) is -1.23. The molecule has 0 unspecified atom stereocenters. The van der Waals surface area contributed by atoms with E-state index in [0.29, 0.717) is 0 Å². The number of carboxylic acids is 1. The van der Waals surface area contributed by atoms with Gasteiger partial charge in [0, 0.05) is 26.0 Å². The molecule has 4 aromatic rings. The van der Waals surface area contributed by atoms with E-state index in [-0.39, 0.29) is 40.7 Å². The SMILES string of the molecule is Cn1c(=O)c2c(ncn2CCn2nc(C(=O)O)c3ccccc3c2=O)n(C)c1=O. The van der Waals surface area contributed by atoms with Crippen molar-refractivity contribution < 1.29 is 9.90 Å². The van der Waals surface area contributed by atoms with Crippen LogP contribution in [-0.2, 0) is 27.2 Å². The lowest BCUT2D eigenvalue weighted by molar-refractivity contribution is 0.0690. The standard InChI is InChI=1S/C18H16N6O5/c1-21-14-13(16(26)22(2)18(21)29)23(9-19-14)7-8-24-15(25)11-6-4-3-5-10(11)12(20-24)17(27)28/h3-6,9H,7-8H2,1-2H3,(H,27,28). The molecular weight excluding hydrogens is 380 g/mol. The number of rotatable bonds is 4. The molecule has 29 heavy (non-hydrogen) atoms. The number of hydrogen-bond donors (Lipinski definition) is 1. The number of fused-ring (bicyclic) bond motifs is 2. The van der Waals surface area contributed by atoms with Crippen molar-refractivity contribution in [2.24, 2.45) is 14.1 Å². The molecule has 3 heterocycles. The van der Waals surface area contributed by atoms with Crippen molar-refractivity contribution in [2.75, 3.05) is 0 Å². The van der Waals surface area contributed by atoms with Crippen LogP contribution in [0.3, 0.4) is 0 Å². The highest BCUT2D eigenvalue weighted by Gasteiger charge is 2.17. The second kappa shape index (κ2) is 6.55. The van der Waals surface area contributed by atoms with Gasteiger partial charge in [0.05, 0.1) is 18.3 Å². The van der Waals surface area contributed by atoms with Gasteiger partial charge < -0.3 is 9.67 Å². The Kier molecular flexibility index (Phi) is 4.14. The molecule has 1 N–H and O–H groups in total. The lowest BCUT2D eigenvalue weighted by Gasteiger charge is -2.10. The van der Waals surface area contributed by atoms with Crippen LogP contribution in [0.25, 0.3) is 21.9 Å². The summed E-state index contributed by atoms with van der Waals surface area (Å²) < 4.78 is 4.81. The highest BCUT2D eigenvalue weighted by atomic mass is 16.4. The molecule has 3 aromatic heterocycles. The lowest BCUT2D eigenvalue weighted by atomic mass is 10.1. The molecule has 11 nitrogen and oxygen atoms in total. The summed E-state index contributed by atoms with van der Waals surface area (Å²) in [5, 5.41) is 13.9. The third kappa shape index (κ3) is 2.74. The molecule has 0 aliphatic carbocycles. The summed E-state index contributed by atoms with van der Waals surface area (Å²) in [6.45, 7) is 0.148. The summed E-state index contributed by atoms with van der Waals surface area (Å²) in [6.07, 6.45) is 1.40. The minimum Gasteiger partial charge on any atom is -0.476 e. The van der Waals surface area contributed by atoms with Gasteiger partial charge in [-0.2, -0.15) is 5.10 Å². The summed E-state index contributed by atoms with van der Waals surface area (Å²) in [6, 6.07) is 6.36. The largest absolute Gasteiger partial charge is 0.476 e. The van der Waals surface area contributed by atoms with Crippen molar-refractivity contribution in [1.29, 1.82) is 0 Å². The average Bonchev–Trinajstić information content (AvgIpc) is 3.14. The van der Waals surface area contributed by atoms with Crippen LogP contribution >= 0.6 is 0 Å². The number of nitrogens with zero attached hydrogens (tertiary/aromatic N) is 6. The molecule has 0 fully saturated rings. The van der Waals surface area contributed by atoms with Gasteiger partial charge in [0.15, 0.2) is 16.9 Å². The van der Waals surface area contributed by atoms with Crippen molar-refractivity contribution in [3.8, 4) is 0 Å². The third-order valence-corrected chi connectivity index (χ3v) is 4.84. The molecule has 1 aromatic carbocycles. The summed E-state index contributed by atoms with van der Waals surface area (Å²) in [7, 11) is 2.88. The maximum absolute atomic E-state index is 12.7. The van der Waals surface area contributed by atoms with E-state index in [4.69, 9.17) is 0 Å². The molecule has 0 saturated heterocycles. The monoisotopic (exact) mass is 396 g/mol. The molecule has 0 aliphatic heterocycles. The van der Waals surface area contributed by atoms with Gasteiger partial charge in [0.2, 0.25) is 0 Å². The number of benzene rings is 1. The predicted molar refractivity (Wildman–Crippen MR) is 103 cm³/mol. The fourth-order valence-corrected chi connectivity index (χ4v) is 3.31. The van der Waals surface area contributed by atoms with Crippen molar-refractivity contribution in [3.05, 3.63) is 67.5 Å². The average molecular weight is 396 g/mol. The topological polar surface area (TPSA) is 134 Å². The van der Waals surface area contributed by atoms with E-state index < -0.39 is 22.8 Å². The van der Waals surface area contributed by atoms with Crippen LogP contribution in [0.4, 0.5) is 0 Å². The Hall–Kier alpha value is -4.02. The summed E-state index contributed by atoms with van der Waals surface area (Å²) in [5.74, 6) is -1.24. The van der Waals surface area contributed by atoms with Crippen LogP contribution in [-0.4, -0.2) is 39.5 Å². The first-order valence-corrected chi connectivity index (χ1v) is 8.65. The Morgan fingerprint density at radius 1 is 1.00 bits per heavy atom. The van der Waals surface area contributed by atoms with Crippen molar-refractivity contribution in [1.82, 2.24) is 28.5 Å². The first-order chi connectivity index (χ1) is 13.8. The van der Waals surface area contributed by atoms with Crippen LogP contribution in [0.2, 0.25) is 0 Å². The Labute approximate surface area is 161 Å². The van der Waals surface area contributed by atoms with Crippen LogP contribution in [0.1, 0.15) is 10.5 Å². The van der Waals surface area contributed by atoms with Gasteiger partial charge in [-0.05, 0) is 6.07 Å². The van der Waals surface area contributed by atoms with E-state index in [1.807, 2.05) is 0 Å². The normalized spacial score (nSPS) is 11.4. The van der Waals surface area contributed by atoms with Gasteiger partial charge in [-0.1, -0.05) is 18.2 Å². The van der Waals surface area contributed by atoms with Crippen molar-refractivity contribution in [2.45, 2.75) is 13.1 Å². The van der Waals surface area contributed by atoms with Crippen molar-refractivity contribution in [3.63, 3.8) is 0 Å². The Morgan fingerprint density at radius 2 is 1.69 bits per heavy atom. The van der Waals surface area contributed by atoms with E-state index in [1.54, 1.807) is 18.2 Å². The Bertz CT molecular complexity index is 1470. The maximum Gasteiger partial charge on any atom is 0.357 e. The molecule has 0 bridgehead atoms. The van der Waals surface area contributed by atoms with Crippen LogP contribution in [0.5, 0.6) is 0 Å². The zero-order chi connectivity index (χ0) is 20.9. The van der Waals surface area contributed by atoms with Crippen LogP contribution in [0, 0.1) is 0 Å². The zero-order valence-electron chi connectivity index (χ0n) is 15.6. The number of imidazole rings is 1. The van der Waals surface area contributed by atoms with Gasteiger partial charge in [0.25, 0.3) is 11.1 Å². The molecule has 0 radical (unpaired) electrons. The van der Waals surface area contributed by atoms with Gasteiger partial charge in [-0.3, -0.25) is 18.7 Å². The highest BCUT2D eigenvalue weighted by molar-refractivity contribution is 6.01. The minimum atomic E-state index is -1.24. The van der Waals surface area contributed by atoms with E-state index in [2.05, 4.69) is 10.1 Å². The van der Waals surface area contributed by atoms with Crippen LogP contribution in [0.15, 0.2) is 45.0 Å². The van der Waals surface area contributed by atoms with Crippen molar-refractivity contribution >= 4 is 27.9 Å². The van der Waals surface area contributed by atoms with Gasteiger partial charge in [-0.15, -0.1) is 0 Å². The molecule has 0 atom stereocenters. The molecule has 0 amide bonds. The van der Waals surface area contributed by atoms with Gasteiger partial charge >= 0.3 is 11.7 Å². The van der Waals surface area contributed by atoms with Gasteiger partial charge in [-0.25, -0.2) is 19.3 Å². The fourth-order valence-electron chi connectivity index (χ4n) is 3.31. The number of carbonyl (C=O) groups is 1. The molecule has 0 saturated carbocycles. The van der Waals surface area contributed by atoms with E-state index >= 15 is 0 Å². The maximum atomic E-state index is 12.7. The Balaban J connectivity index is 1.81. The number of aromatic carboxylic acids is 1. The molecule has 0 aliphatic rings. The second-order valence-corrected chi connectivity index (χ2v) is 6.54. The summed E-state index contributed by atoms with van der Waals surface area (Å²) >= 11 is 0. The minimum absolute atomic E-state index is 0.0153. The smallest absolute Gasteiger partial charge is 0.357 e. The highest BCUT2D eigenvalue weighted by Crippen LogP contribution is 2.13. The molecule has 4 rings (SSSR count). The second-order valence-electron chi connectivity index (χ2n) is 6.54. The third-order valence-electron chi connectivity index (χ3n) is 4.84. The quantitative estimate of drug-likeness (QED) is 0.493. The van der Waals surface area contributed by atoms with Crippen LogP contribution < -0.4 is 16.8 Å². The summed E-state index contributed by atoms with van der Waals surface area (Å²) in [4.78, 5) is 52.9. The molecular formula is C18H16N6O5. The number of aromatic nitrogens is 6. The predicted octanol–water partition coefficient (Wildman–Crippen LogP) is -0.458. The van der Waals surface area contributed by atoms with E-state index in [9.17, 15) is 24.3 Å². The molecule has 0 spiro atoms. The van der Waals surface area contributed by atoms with E-state index in [1.165, 1.54) is 35.6 Å². The number of hydrogen-bond acceptors (Lipinski definition) is 6. The number of carboxylic acid groups (broad SMARTS) is 1. The van der Waals surface area contributed by atoms with E-state index in [0.717, 1.165) is 9.25 Å². The fraction of sp³-hybridized carbons (Fsp3) is 0.222. The molecule has 11 heteroatoms. The molecule has 148 valence electrons. The number of aryl methyl sites for hydroxylation is 3.